The van der Waals surface area contributed by atoms with E-state index in [1.54, 1.807) is 0 Å². The van der Waals surface area contributed by atoms with Crippen molar-refractivity contribution in [2.45, 2.75) is 71.8 Å². The van der Waals surface area contributed by atoms with Crippen LogP contribution in [0.4, 0.5) is 0 Å². The summed E-state index contributed by atoms with van der Waals surface area (Å²) in [6.45, 7) is 8.44. The van der Waals surface area contributed by atoms with Crippen molar-refractivity contribution in [3.63, 3.8) is 0 Å². The Kier molecular flexibility index (Phi) is 6.41. The zero-order valence-corrected chi connectivity index (χ0v) is 11.8. The highest BCUT2D eigenvalue weighted by atomic mass is 15.1. The Hall–Kier alpha value is -0.0400. The highest BCUT2D eigenvalue weighted by Crippen LogP contribution is 2.25. The Morgan fingerprint density at radius 3 is 2.50 bits per heavy atom. The lowest BCUT2D eigenvalue weighted by molar-refractivity contribution is 0.187. The molecule has 0 aromatic carbocycles. The summed E-state index contributed by atoms with van der Waals surface area (Å²) in [7, 11) is 2.30. The molecule has 0 bridgehead atoms. The van der Waals surface area contributed by atoms with Crippen LogP contribution in [-0.4, -0.2) is 24.5 Å². The normalized spacial score (nSPS) is 34.9. The first-order chi connectivity index (χ1) is 7.63. The number of nitrogens with zero attached hydrogens (tertiary/aromatic N) is 1. The number of hydrogen-bond donors (Lipinski definition) is 0. The fourth-order valence-electron chi connectivity index (χ4n) is 3.05. The summed E-state index contributed by atoms with van der Waals surface area (Å²) >= 11 is 0. The summed E-state index contributed by atoms with van der Waals surface area (Å²) in [5, 5.41) is 0. The zero-order chi connectivity index (χ0) is 12.0. The topological polar surface area (TPSA) is 3.24 Å². The first-order valence-electron chi connectivity index (χ1n) is 7.33. The first kappa shape index (κ1) is 14.0. The van der Waals surface area contributed by atoms with Gasteiger partial charge in [0.1, 0.15) is 0 Å². The minimum absolute atomic E-state index is 0.780. The van der Waals surface area contributed by atoms with E-state index < -0.39 is 0 Å². The van der Waals surface area contributed by atoms with Crippen LogP contribution in [0.1, 0.15) is 65.7 Å². The van der Waals surface area contributed by atoms with Crippen LogP contribution in [0.15, 0.2) is 0 Å². The molecular weight excluding hydrogens is 194 g/mol. The van der Waals surface area contributed by atoms with Crippen molar-refractivity contribution in [1.82, 2.24) is 4.90 Å². The van der Waals surface area contributed by atoms with E-state index >= 15 is 0 Å². The van der Waals surface area contributed by atoms with E-state index in [2.05, 4.69) is 32.7 Å². The molecule has 0 saturated carbocycles. The van der Waals surface area contributed by atoms with Crippen LogP contribution in [0.3, 0.4) is 0 Å². The summed E-state index contributed by atoms with van der Waals surface area (Å²) in [6.07, 6.45) is 10.0. The average Bonchev–Trinajstić information content (AvgIpc) is 2.24. The van der Waals surface area contributed by atoms with E-state index in [-0.39, 0.29) is 0 Å². The lowest BCUT2D eigenvalue weighted by Crippen LogP contribution is -2.33. The van der Waals surface area contributed by atoms with Gasteiger partial charge in [0, 0.05) is 12.6 Å². The summed E-state index contributed by atoms with van der Waals surface area (Å²) in [5.74, 6) is 1.90. The Morgan fingerprint density at radius 2 is 1.81 bits per heavy atom. The molecule has 16 heavy (non-hydrogen) atoms. The van der Waals surface area contributed by atoms with E-state index in [1.807, 2.05) is 0 Å². The molecule has 3 atom stereocenters. The monoisotopic (exact) mass is 225 g/mol. The molecule has 1 aliphatic rings. The van der Waals surface area contributed by atoms with Crippen LogP contribution in [0.25, 0.3) is 0 Å². The minimum Gasteiger partial charge on any atom is -0.303 e. The molecule has 0 radical (unpaired) electrons. The molecule has 0 aromatic heterocycles. The Balaban J connectivity index is 2.45. The van der Waals surface area contributed by atoms with E-state index in [0.717, 1.165) is 17.9 Å². The highest BCUT2D eigenvalue weighted by molar-refractivity contribution is 4.71. The van der Waals surface area contributed by atoms with Crippen molar-refractivity contribution in [1.29, 1.82) is 0 Å². The molecule has 0 spiro atoms. The van der Waals surface area contributed by atoms with E-state index in [9.17, 15) is 0 Å². The fourth-order valence-corrected chi connectivity index (χ4v) is 3.05. The van der Waals surface area contributed by atoms with Gasteiger partial charge in [-0.2, -0.15) is 0 Å². The van der Waals surface area contributed by atoms with Crippen molar-refractivity contribution >= 4 is 0 Å². The van der Waals surface area contributed by atoms with Gasteiger partial charge in [0.2, 0.25) is 0 Å². The van der Waals surface area contributed by atoms with Gasteiger partial charge in [-0.1, -0.05) is 46.0 Å². The molecule has 0 aliphatic carbocycles. The van der Waals surface area contributed by atoms with E-state index in [4.69, 9.17) is 0 Å². The van der Waals surface area contributed by atoms with Gasteiger partial charge in [-0.3, -0.25) is 0 Å². The molecule has 0 amide bonds. The van der Waals surface area contributed by atoms with Gasteiger partial charge in [-0.05, 0) is 38.6 Å². The second kappa shape index (κ2) is 7.32. The number of hydrogen-bond acceptors (Lipinski definition) is 1. The molecule has 1 nitrogen and oxygen atoms in total. The van der Waals surface area contributed by atoms with E-state index in [0.29, 0.717) is 0 Å². The fraction of sp³-hybridized carbons (Fsp3) is 1.00. The van der Waals surface area contributed by atoms with Crippen LogP contribution < -0.4 is 0 Å². The summed E-state index contributed by atoms with van der Waals surface area (Å²) in [4.78, 5) is 2.56. The first-order valence-corrected chi connectivity index (χ1v) is 7.33. The van der Waals surface area contributed by atoms with Gasteiger partial charge in [-0.15, -0.1) is 0 Å². The lowest BCUT2D eigenvalue weighted by Gasteiger charge is -2.30. The SMILES string of the molecule is CCCC1CCCC(C)N(C)CC(C)CC1. The van der Waals surface area contributed by atoms with Crippen molar-refractivity contribution in [3.8, 4) is 0 Å². The second-order valence-corrected chi connectivity index (χ2v) is 6.06. The van der Waals surface area contributed by atoms with Gasteiger partial charge in [0.15, 0.2) is 0 Å². The van der Waals surface area contributed by atoms with Crippen LogP contribution in [0.5, 0.6) is 0 Å². The smallest absolute Gasteiger partial charge is 0.00639 e. The van der Waals surface area contributed by atoms with Crippen molar-refractivity contribution in [3.05, 3.63) is 0 Å². The van der Waals surface area contributed by atoms with Crippen molar-refractivity contribution < 1.29 is 0 Å². The molecule has 1 rings (SSSR count). The Bertz CT molecular complexity index is 178. The summed E-state index contributed by atoms with van der Waals surface area (Å²) < 4.78 is 0. The maximum atomic E-state index is 2.56. The molecule has 3 unspecified atom stereocenters. The molecular formula is C15H31N. The maximum absolute atomic E-state index is 2.56. The molecule has 1 heteroatoms. The van der Waals surface area contributed by atoms with Crippen LogP contribution >= 0.6 is 0 Å². The predicted octanol–water partition coefficient (Wildman–Crippen LogP) is 4.32. The highest BCUT2D eigenvalue weighted by Gasteiger charge is 2.17. The second-order valence-electron chi connectivity index (χ2n) is 6.06. The van der Waals surface area contributed by atoms with Crippen molar-refractivity contribution in [2.75, 3.05) is 13.6 Å². The minimum atomic E-state index is 0.780. The third-order valence-corrected chi connectivity index (χ3v) is 4.35. The van der Waals surface area contributed by atoms with E-state index in [1.165, 1.54) is 51.5 Å². The molecule has 1 heterocycles. The largest absolute Gasteiger partial charge is 0.303 e. The van der Waals surface area contributed by atoms with Crippen LogP contribution in [-0.2, 0) is 0 Å². The lowest BCUT2D eigenvalue weighted by atomic mass is 9.87. The maximum Gasteiger partial charge on any atom is 0.00639 e. The van der Waals surface area contributed by atoms with Gasteiger partial charge in [-0.25, -0.2) is 0 Å². The van der Waals surface area contributed by atoms with Gasteiger partial charge in [0.05, 0.1) is 0 Å². The quantitative estimate of drug-likeness (QED) is 0.676. The van der Waals surface area contributed by atoms with Crippen molar-refractivity contribution in [2.24, 2.45) is 11.8 Å². The molecule has 96 valence electrons. The molecule has 1 saturated heterocycles. The summed E-state index contributed by atoms with van der Waals surface area (Å²) in [5.41, 5.74) is 0. The average molecular weight is 225 g/mol. The van der Waals surface area contributed by atoms with Gasteiger partial charge < -0.3 is 4.90 Å². The predicted molar refractivity (Wildman–Crippen MR) is 72.7 cm³/mol. The van der Waals surface area contributed by atoms with Crippen LogP contribution in [0, 0.1) is 11.8 Å². The third kappa shape index (κ3) is 4.86. The Labute approximate surface area is 103 Å². The summed E-state index contributed by atoms with van der Waals surface area (Å²) in [6, 6.07) is 0.780. The molecule has 0 aromatic rings. The number of rotatable bonds is 2. The zero-order valence-electron chi connectivity index (χ0n) is 11.8. The Morgan fingerprint density at radius 1 is 1.06 bits per heavy atom. The van der Waals surface area contributed by atoms with Gasteiger partial charge in [0.25, 0.3) is 0 Å². The third-order valence-electron chi connectivity index (χ3n) is 4.35. The molecule has 1 fully saturated rings. The van der Waals surface area contributed by atoms with Crippen LogP contribution in [0.2, 0.25) is 0 Å². The standard InChI is InChI=1S/C15H31N/c1-5-7-15-9-6-8-14(3)16(4)12-13(2)10-11-15/h13-15H,5-12H2,1-4H3. The molecule has 1 aliphatic heterocycles. The van der Waals surface area contributed by atoms with Gasteiger partial charge >= 0.3 is 0 Å². The molecule has 0 N–H and O–H groups in total.